The minimum absolute atomic E-state index is 0.185. The molecular formula is C17H13N5O3S. The van der Waals surface area contributed by atoms with Crippen molar-refractivity contribution in [2.75, 3.05) is 19.5 Å². The van der Waals surface area contributed by atoms with E-state index in [-0.39, 0.29) is 5.56 Å². The van der Waals surface area contributed by atoms with Gasteiger partial charge in [0, 0.05) is 18.5 Å². The van der Waals surface area contributed by atoms with Crippen LogP contribution >= 0.6 is 11.8 Å². The molecular weight excluding hydrogens is 354 g/mol. The first-order chi connectivity index (χ1) is 12.7. The van der Waals surface area contributed by atoms with Gasteiger partial charge >= 0.3 is 0 Å². The summed E-state index contributed by atoms with van der Waals surface area (Å²) in [5.74, 6) is 1.79. The van der Waals surface area contributed by atoms with Gasteiger partial charge < -0.3 is 9.47 Å². The molecule has 0 fully saturated rings. The number of ether oxygens (including phenoxy) is 2. The zero-order chi connectivity index (χ0) is 17.7. The van der Waals surface area contributed by atoms with Gasteiger partial charge in [0.15, 0.2) is 11.5 Å². The molecule has 8 nitrogen and oxygen atoms in total. The molecule has 0 atom stereocenters. The molecule has 1 aromatic carbocycles. The van der Waals surface area contributed by atoms with Gasteiger partial charge in [-0.15, -0.1) is 5.10 Å². The van der Waals surface area contributed by atoms with E-state index in [1.165, 1.54) is 11.8 Å². The Kier molecular flexibility index (Phi) is 3.35. The Morgan fingerprint density at radius 3 is 2.85 bits per heavy atom. The topological polar surface area (TPSA) is 83.5 Å². The molecule has 130 valence electrons. The number of hydrogen-bond donors (Lipinski definition) is 0. The average Bonchev–Trinajstić information content (AvgIpc) is 3.12. The standard InChI is InChI=1S/C17H13N5O3S/c1-26-17-19-16-18-9-11-12(22(16)20-17)4-5-21(15(11)23)10-2-3-13-14(8-10)25-7-6-24-13/h2-5,8-9H,6-7H2,1H3. The van der Waals surface area contributed by atoms with Gasteiger partial charge in [0.25, 0.3) is 11.3 Å². The van der Waals surface area contributed by atoms with Crippen LogP contribution in [0, 0.1) is 0 Å². The van der Waals surface area contributed by atoms with Crippen LogP contribution in [-0.2, 0) is 0 Å². The van der Waals surface area contributed by atoms with Crippen LogP contribution < -0.4 is 15.0 Å². The molecule has 0 aliphatic carbocycles. The summed E-state index contributed by atoms with van der Waals surface area (Å²) in [4.78, 5) is 21.6. The molecule has 1 aliphatic rings. The number of pyridine rings is 1. The third kappa shape index (κ3) is 2.24. The van der Waals surface area contributed by atoms with Crippen molar-refractivity contribution in [2.24, 2.45) is 0 Å². The molecule has 3 aromatic heterocycles. The number of aromatic nitrogens is 5. The Morgan fingerprint density at radius 1 is 1.15 bits per heavy atom. The fraction of sp³-hybridized carbons (Fsp3) is 0.176. The summed E-state index contributed by atoms with van der Waals surface area (Å²) >= 11 is 1.43. The van der Waals surface area contributed by atoms with E-state index < -0.39 is 0 Å². The van der Waals surface area contributed by atoms with E-state index in [2.05, 4.69) is 15.1 Å². The van der Waals surface area contributed by atoms with Crippen molar-refractivity contribution in [3.63, 3.8) is 0 Å². The summed E-state index contributed by atoms with van der Waals surface area (Å²) in [5, 5.41) is 5.46. The first kappa shape index (κ1) is 15.2. The molecule has 0 bridgehead atoms. The van der Waals surface area contributed by atoms with E-state index in [0.29, 0.717) is 52.2 Å². The Labute approximate surface area is 151 Å². The minimum atomic E-state index is -0.185. The van der Waals surface area contributed by atoms with Gasteiger partial charge in [0.05, 0.1) is 16.6 Å². The molecule has 4 heterocycles. The van der Waals surface area contributed by atoms with Crippen molar-refractivity contribution in [3.8, 4) is 17.2 Å². The van der Waals surface area contributed by atoms with E-state index in [0.717, 1.165) is 0 Å². The average molecular weight is 367 g/mol. The second kappa shape index (κ2) is 5.73. The molecule has 0 radical (unpaired) electrons. The van der Waals surface area contributed by atoms with Gasteiger partial charge in [-0.1, -0.05) is 11.8 Å². The molecule has 0 saturated heterocycles. The quantitative estimate of drug-likeness (QED) is 0.501. The van der Waals surface area contributed by atoms with Crippen LogP contribution in [-0.4, -0.2) is 43.6 Å². The van der Waals surface area contributed by atoms with Gasteiger partial charge in [-0.3, -0.25) is 9.36 Å². The molecule has 0 saturated carbocycles. The lowest BCUT2D eigenvalue weighted by Crippen LogP contribution is -2.20. The van der Waals surface area contributed by atoms with Crippen molar-refractivity contribution >= 4 is 28.4 Å². The molecule has 0 unspecified atom stereocenters. The highest BCUT2D eigenvalue weighted by Crippen LogP contribution is 2.31. The van der Waals surface area contributed by atoms with Crippen molar-refractivity contribution in [1.82, 2.24) is 24.1 Å². The lowest BCUT2D eigenvalue weighted by molar-refractivity contribution is 0.171. The Bertz CT molecular complexity index is 1220. The van der Waals surface area contributed by atoms with Gasteiger partial charge in [-0.2, -0.15) is 9.50 Å². The first-order valence-corrected chi connectivity index (χ1v) is 9.18. The number of fused-ring (bicyclic) bond motifs is 4. The number of benzene rings is 1. The molecule has 4 aromatic rings. The maximum atomic E-state index is 13.0. The van der Waals surface area contributed by atoms with Crippen LogP contribution in [0.15, 0.2) is 46.6 Å². The third-order valence-corrected chi connectivity index (χ3v) is 4.74. The molecule has 0 spiro atoms. The van der Waals surface area contributed by atoms with Gasteiger partial charge in [0.2, 0.25) is 5.16 Å². The van der Waals surface area contributed by atoms with Gasteiger partial charge in [-0.05, 0) is 24.5 Å². The Morgan fingerprint density at radius 2 is 2.00 bits per heavy atom. The first-order valence-electron chi connectivity index (χ1n) is 7.96. The van der Waals surface area contributed by atoms with Crippen LogP contribution in [0.1, 0.15) is 0 Å². The Hall–Kier alpha value is -3.07. The fourth-order valence-corrected chi connectivity index (χ4v) is 3.31. The summed E-state index contributed by atoms with van der Waals surface area (Å²) < 4.78 is 14.3. The normalized spacial score (nSPS) is 13.4. The van der Waals surface area contributed by atoms with E-state index in [9.17, 15) is 4.79 Å². The van der Waals surface area contributed by atoms with Crippen LogP contribution in [0.3, 0.4) is 0 Å². The summed E-state index contributed by atoms with van der Waals surface area (Å²) in [6.45, 7) is 1.02. The maximum Gasteiger partial charge on any atom is 0.266 e. The van der Waals surface area contributed by atoms with E-state index in [1.54, 1.807) is 27.5 Å². The molecule has 1 aliphatic heterocycles. The number of rotatable bonds is 2. The largest absolute Gasteiger partial charge is 0.486 e. The molecule has 26 heavy (non-hydrogen) atoms. The van der Waals surface area contributed by atoms with Crippen molar-refractivity contribution in [3.05, 3.63) is 47.0 Å². The van der Waals surface area contributed by atoms with Gasteiger partial charge in [0.1, 0.15) is 13.2 Å². The third-order valence-electron chi connectivity index (χ3n) is 4.20. The van der Waals surface area contributed by atoms with E-state index in [1.807, 2.05) is 24.5 Å². The van der Waals surface area contributed by atoms with Crippen molar-refractivity contribution in [1.29, 1.82) is 0 Å². The molecule has 0 amide bonds. The predicted octanol–water partition coefficient (Wildman–Crippen LogP) is 1.92. The van der Waals surface area contributed by atoms with Crippen molar-refractivity contribution < 1.29 is 9.47 Å². The summed E-state index contributed by atoms with van der Waals surface area (Å²) in [6, 6.07) is 7.27. The SMILES string of the molecule is CSc1nc2ncc3c(=O)n(-c4ccc5c(c4)OCCO5)ccc3n2n1. The Balaban J connectivity index is 1.71. The fourth-order valence-electron chi connectivity index (χ4n) is 2.97. The highest BCUT2D eigenvalue weighted by molar-refractivity contribution is 7.98. The monoisotopic (exact) mass is 367 g/mol. The smallest absolute Gasteiger partial charge is 0.266 e. The summed E-state index contributed by atoms with van der Waals surface area (Å²) in [7, 11) is 0. The minimum Gasteiger partial charge on any atom is -0.486 e. The lowest BCUT2D eigenvalue weighted by atomic mass is 10.2. The second-order valence-electron chi connectivity index (χ2n) is 5.69. The zero-order valence-corrected chi connectivity index (χ0v) is 14.6. The summed E-state index contributed by atoms with van der Waals surface area (Å²) in [6.07, 6.45) is 5.15. The molecule has 5 rings (SSSR count). The van der Waals surface area contributed by atoms with Crippen LogP contribution in [0.2, 0.25) is 0 Å². The zero-order valence-electron chi connectivity index (χ0n) is 13.7. The highest BCUT2D eigenvalue weighted by Gasteiger charge is 2.15. The lowest BCUT2D eigenvalue weighted by Gasteiger charge is -2.19. The van der Waals surface area contributed by atoms with Crippen molar-refractivity contribution in [2.45, 2.75) is 5.16 Å². The number of nitrogens with zero attached hydrogens (tertiary/aromatic N) is 5. The molecule has 0 N–H and O–H groups in total. The maximum absolute atomic E-state index is 13.0. The van der Waals surface area contributed by atoms with E-state index >= 15 is 0 Å². The van der Waals surface area contributed by atoms with E-state index in [4.69, 9.17) is 9.47 Å². The van der Waals surface area contributed by atoms with Gasteiger partial charge in [-0.25, -0.2) is 4.98 Å². The highest BCUT2D eigenvalue weighted by atomic mass is 32.2. The predicted molar refractivity (Wildman–Crippen MR) is 96.7 cm³/mol. The van der Waals surface area contributed by atoms with Crippen LogP contribution in [0.25, 0.3) is 22.4 Å². The second-order valence-corrected chi connectivity index (χ2v) is 6.46. The summed E-state index contributed by atoms with van der Waals surface area (Å²) in [5.41, 5.74) is 1.18. The number of hydrogen-bond acceptors (Lipinski definition) is 7. The van der Waals surface area contributed by atoms with Crippen LogP contribution in [0.4, 0.5) is 0 Å². The number of thioether (sulfide) groups is 1. The molecule has 9 heteroatoms. The van der Waals surface area contributed by atoms with Crippen LogP contribution in [0.5, 0.6) is 11.5 Å².